The molecule has 0 saturated carbocycles. The second kappa shape index (κ2) is 7.98. The molecule has 28 heavy (non-hydrogen) atoms. The summed E-state index contributed by atoms with van der Waals surface area (Å²) in [4.78, 5) is 16.1. The number of aromatic nitrogens is 2. The number of nitrogens with zero attached hydrogens (tertiary/aromatic N) is 2. The number of imidazole rings is 1. The van der Waals surface area contributed by atoms with E-state index < -0.39 is 11.6 Å². The van der Waals surface area contributed by atoms with E-state index in [2.05, 4.69) is 16.5 Å². The van der Waals surface area contributed by atoms with Crippen LogP contribution in [-0.2, 0) is 18.6 Å². The van der Waals surface area contributed by atoms with Gasteiger partial charge >= 0.3 is 5.97 Å². The van der Waals surface area contributed by atoms with E-state index in [0.717, 1.165) is 29.8 Å². The van der Waals surface area contributed by atoms with Gasteiger partial charge in [-0.1, -0.05) is 49.4 Å². The van der Waals surface area contributed by atoms with E-state index in [1.165, 1.54) is 0 Å². The first-order chi connectivity index (χ1) is 13.3. The molecule has 0 aliphatic rings. The first-order valence-corrected chi connectivity index (χ1v) is 9.50. The number of rotatable bonds is 7. The molecule has 0 aliphatic heterocycles. The van der Waals surface area contributed by atoms with Gasteiger partial charge in [-0.3, -0.25) is 0 Å². The highest BCUT2D eigenvalue weighted by Crippen LogP contribution is 2.25. The van der Waals surface area contributed by atoms with Crippen molar-refractivity contribution in [2.24, 2.45) is 0 Å². The van der Waals surface area contributed by atoms with Crippen LogP contribution in [0.4, 0.5) is 0 Å². The number of carboxylic acid groups (broad SMARTS) is 1. The quantitative estimate of drug-likeness (QED) is 0.636. The highest BCUT2D eigenvalue weighted by atomic mass is 16.4. The fourth-order valence-electron chi connectivity index (χ4n) is 3.22. The van der Waals surface area contributed by atoms with Crippen LogP contribution in [-0.4, -0.2) is 25.7 Å². The van der Waals surface area contributed by atoms with Gasteiger partial charge in [-0.05, 0) is 43.0 Å². The second-order valence-electron chi connectivity index (χ2n) is 7.53. The molecule has 2 aromatic carbocycles. The standard InChI is InChI=1S/C23H26N2O3/c1-4-7-21-24-20(23(2,3)28)15-25(21)14-16-10-12-17(13-11-16)18-8-5-6-9-19(18)22(26)27/h5-6,8-13,15,28H,4,7,14H2,1-3H3,(H,26,27). The minimum atomic E-state index is -0.974. The number of aryl methyl sites for hydroxylation is 1. The molecule has 0 radical (unpaired) electrons. The average molecular weight is 378 g/mol. The lowest BCUT2D eigenvalue weighted by atomic mass is 9.99. The minimum Gasteiger partial charge on any atom is -0.478 e. The van der Waals surface area contributed by atoms with Crippen LogP contribution >= 0.6 is 0 Å². The van der Waals surface area contributed by atoms with Crippen LogP contribution in [0.15, 0.2) is 54.7 Å². The third-order valence-corrected chi connectivity index (χ3v) is 4.73. The van der Waals surface area contributed by atoms with Crippen LogP contribution in [0.5, 0.6) is 0 Å². The summed E-state index contributed by atoms with van der Waals surface area (Å²) in [5, 5.41) is 19.7. The van der Waals surface area contributed by atoms with E-state index in [1.807, 2.05) is 42.6 Å². The maximum absolute atomic E-state index is 11.5. The molecule has 0 saturated heterocycles. The molecule has 5 heteroatoms. The predicted molar refractivity (Wildman–Crippen MR) is 109 cm³/mol. The molecule has 3 rings (SSSR count). The molecule has 0 atom stereocenters. The van der Waals surface area contributed by atoms with Crippen molar-refractivity contribution >= 4 is 5.97 Å². The second-order valence-corrected chi connectivity index (χ2v) is 7.53. The molecule has 0 spiro atoms. The third kappa shape index (κ3) is 4.31. The summed E-state index contributed by atoms with van der Waals surface area (Å²) in [6.07, 6.45) is 3.74. The highest BCUT2D eigenvalue weighted by molar-refractivity contribution is 5.95. The smallest absolute Gasteiger partial charge is 0.336 e. The van der Waals surface area contributed by atoms with Gasteiger partial charge in [0.15, 0.2) is 0 Å². The van der Waals surface area contributed by atoms with Crippen molar-refractivity contribution in [1.82, 2.24) is 9.55 Å². The van der Waals surface area contributed by atoms with Crippen LogP contribution < -0.4 is 0 Å². The van der Waals surface area contributed by atoms with Gasteiger partial charge < -0.3 is 14.8 Å². The Balaban J connectivity index is 1.88. The molecule has 5 nitrogen and oxygen atoms in total. The van der Waals surface area contributed by atoms with Gasteiger partial charge in [0.1, 0.15) is 11.4 Å². The fourth-order valence-corrected chi connectivity index (χ4v) is 3.22. The van der Waals surface area contributed by atoms with Crippen molar-refractivity contribution in [3.05, 3.63) is 77.4 Å². The Kier molecular flexibility index (Phi) is 5.66. The molecule has 0 aliphatic carbocycles. The number of aliphatic hydroxyl groups is 1. The number of hydrogen-bond acceptors (Lipinski definition) is 3. The largest absolute Gasteiger partial charge is 0.478 e. The molecule has 146 valence electrons. The van der Waals surface area contributed by atoms with Gasteiger partial charge in [0.25, 0.3) is 0 Å². The molecule has 3 aromatic rings. The van der Waals surface area contributed by atoms with Crippen LogP contribution in [0.1, 0.15) is 54.6 Å². The van der Waals surface area contributed by atoms with Gasteiger partial charge in [-0.15, -0.1) is 0 Å². The van der Waals surface area contributed by atoms with E-state index >= 15 is 0 Å². The zero-order chi connectivity index (χ0) is 20.3. The lowest BCUT2D eigenvalue weighted by molar-refractivity contribution is 0.0696. The van der Waals surface area contributed by atoms with Gasteiger partial charge in [0.2, 0.25) is 0 Å². The van der Waals surface area contributed by atoms with Gasteiger partial charge in [0, 0.05) is 19.2 Å². The predicted octanol–water partition coefficient (Wildman–Crippen LogP) is 4.48. The lowest BCUT2D eigenvalue weighted by Crippen LogP contribution is -2.15. The molecule has 1 aromatic heterocycles. The molecule has 1 heterocycles. The summed E-state index contributed by atoms with van der Waals surface area (Å²) in [5.74, 6) is 0.0290. The monoisotopic (exact) mass is 378 g/mol. The summed E-state index contributed by atoms with van der Waals surface area (Å²) in [5.41, 5.74) is 2.66. The Labute approximate surface area is 165 Å². The van der Waals surface area contributed by atoms with Crippen molar-refractivity contribution in [1.29, 1.82) is 0 Å². The van der Waals surface area contributed by atoms with E-state index in [4.69, 9.17) is 0 Å². The topological polar surface area (TPSA) is 75.4 Å². The Bertz CT molecular complexity index is 966. The summed E-state index contributed by atoms with van der Waals surface area (Å²) in [7, 11) is 0. The molecule has 2 N–H and O–H groups in total. The Hall–Kier alpha value is -2.92. The Morgan fingerprint density at radius 3 is 2.39 bits per heavy atom. The van der Waals surface area contributed by atoms with Gasteiger partial charge in [-0.25, -0.2) is 9.78 Å². The maximum atomic E-state index is 11.5. The number of carbonyl (C=O) groups is 1. The van der Waals surface area contributed by atoms with Gasteiger partial charge in [-0.2, -0.15) is 0 Å². The van der Waals surface area contributed by atoms with Crippen LogP contribution in [0.2, 0.25) is 0 Å². The van der Waals surface area contributed by atoms with Crippen molar-refractivity contribution in [3.8, 4) is 11.1 Å². The first kappa shape index (κ1) is 19.8. The van der Waals surface area contributed by atoms with E-state index in [9.17, 15) is 15.0 Å². The van der Waals surface area contributed by atoms with E-state index in [-0.39, 0.29) is 0 Å². The van der Waals surface area contributed by atoms with Crippen molar-refractivity contribution in [3.63, 3.8) is 0 Å². The molecular formula is C23H26N2O3. The maximum Gasteiger partial charge on any atom is 0.336 e. The number of carboxylic acids is 1. The SMILES string of the molecule is CCCc1nc(C(C)(C)O)cn1Cc1ccc(-c2ccccc2C(=O)O)cc1. The molecule has 0 fully saturated rings. The zero-order valence-corrected chi connectivity index (χ0v) is 16.5. The first-order valence-electron chi connectivity index (χ1n) is 9.50. The summed E-state index contributed by atoms with van der Waals surface area (Å²) in [6.45, 7) is 6.24. The zero-order valence-electron chi connectivity index (χ0n) is 16.5. The normalized spacial score (nSPS) is 11.6. The lowest BCUT2D eigenvalue weighted by Gasteiger charge is -2.13. The minimum absolute atomic E-state index is 0.296. The van der Waals surface area contributed by atoms with Crippen LogP contribution in [0.3, 0.4) is 0 Å². The molecule has 0 unspecified atom stereocenters. The van der Waals surface area contributed by atoms with Crippen molar-refractivity contribution in [2.45, 2.75) is 45.8 Å². The van der Waals surface area contributed by atoms with E-state index in [1.54, 1.807) is 26.0 Å². The van der Waals surface area contributed by atoms with Crippen LogP contribution in [0.25, 0.3) is 11.1 Å². The highest BCUT2D eigenvalue weighted by Gasteiger charge is 2.21. The number of benzene rings is 2. The molecular weight excluding hydrogens is 352 g/mol. The van der Waals surface area contributed by atoms with Crippen molar-refractivity contribution < 1.29 is 15.0 Å². The summed E-state index contributed by atoms with van der Waals surface area (Å²) < 4.78 is 2.08. The summed E-state index contributed by atoms with van der Waals surface area (Å²) in [6, 6.07) is 14.9. The third-order valence-electron chi connectivity index (χ3n) is 4.73. The Morgan fingerprint density at radius 1 is 1.11 bits per heavy atom. The fraction of sp³-hybridized carbons (Fsp3) is 0.304. The van der Waals surface area contributed by atoms with Crippen molar-refractivity contribution in [2.75, 3.05) is 0 Å². The number of aromatic carboxylic acids is 1. The number of hydrogen-bond donors (Lipinski definition) is 2. The van der Waals surface area contributed by atoms with Crippen LogP contribution in [0, 0.1) is 0 Å². The summed E-state index contributed by atoms with van der Waals surface area (Å²) >= 11 is 0. The van der Waals surface area contributed by atoms with E-state index in [0.29, 0.717) is 23.4 Å². The van der Waals surface area contributed by atoms with Gasteiger partial charge in [0.05, 0.1) is 11.3 Å². The molecule has 0 bridgehead atoms. The molecule has 0 amide bonds. The average Bonchev–Trinajstić information content (AvgIpc) is 3.06. The Morgan fingerprint density at radius 2 is 1.79 bits per heavy atom.